The number of methoxy groups -OCH3 is 1. The number of rotatable bonds is 4. The number of nitrogens with one attached hydrogen (secondary N) is 1. The van der Waals surface area contributed by atoms with Gasteiger partial charge in [-0.15, -0.1) is 0 Å². The van der Waals surface area contributed by atoms with Crippen molar-refractivity contribution in [1.82, 2.24) is 9.62 Å². The van der Waals surface area contributed by atoms with E-state index in [0.717, 1.165) is 10.5 Å². The van der Waals surface area contributed by atoms with Gasteiger partial charge in [0.1, 0.15) is 11.8 Å². The Morgan fingerprint density at radius 2 is 1.69 bits per heavy atom. The molecule has 8 nitrogen and oxygen atoms in total. The summed E-state index contributed by atoms with van der Waals surface area (Å²) in [5, 5.41) is 2.78. The molecule has 3 amide bonds. The van der Waals surface area contributed by atoms with E-state index in [9.17, 15) is 18.0 Å². The largest absolute Gasteiger partial charge is 0.497 e. The number of sulfonamides is 1. The molecule has 0 bridgehead atoms. The third-order valence-corrected chi connectivity index (χ3v) is 7.19. The van der Waals surface area contributed by atoms with Gasteiger partial charge >= 0.3 is 6.03 Å². The van der Waals surface area contributed by atoms with E-state index in [2.05, 4.69) is 5.32 Å². The minimum Gasteiger partial charge on any atom is -0.497 e. The number of amides is 3. The molecule has 0 spiro atoms. The molecule has 0 saturated carbocycles. The molecule has 2 aliphatic rings. The first-order valence-corrected chi connectivity index (χ1v) is 10.6. The van der Waals surface area contributed by atoms with Crippen molar-refractivity contribution in [3.63, 3.8) is 0 Å². The number of fused-ring (bicyclic) bond motifs is 1. The van der Waals surface area contributed by atoms with Gasteiger partial charge in [-0.2, -0.15) is 4.31 Å². The number of benzene rings is 2. The lowest BCUT2D eigenvalue weighted by molar-refractivity contribution is -0.122. The number of ether oxygens (including phenoxy) is 1. The fourth-order valence-electron chi connectivity index (χ4n) is 3.76. The first-order chi connectivity index (χ1) is 13.8. The number of hydrogen-bond acceptors (Lipinski definition) is 5. The molecule has 29 heavy (non-hydrogen) atoms. The van der Waals surface area contributed by atoms with Crippen LogP contribution in [0, 0.1) is 6.92 Å². The molecule has 1 N–H and O–H groups in total. The predicted molar refractivity (Wildman–Crippen MR) is 106 cm³/mol. The maximum Gasteiger partial charge on any atom is 0.329 e. The Labute approximate surface area is 169 Å². The van der Waals surface area contributed by atoms with E-state index in [1.807, 2.05) is 6.92 Å². The molecule has 2 atom stereocenters. The van der Waals surface area contributed by atoms with Gasteiger partial charge < -0.3 is 10.1 Å². The van der Waals surface area contributed by atoms with Crippen LogP contribution >= 0.6 is 0 Å². The fraction of sp³-hybridized carbons (Fsp3) is 0.300. The van der Waals surface area contributed by atoms with Gasteiger partial charge in [0.2, 0.25) is 10.0 Å². The van der Waals surface area contributed by atoms with Gasteiger partial charge in [0.15, 0.2) is 0 Å². The molecular weight excluding hydrogens is 394 g/mol. The van der Waals surface area contributed by atoms with Gasteiger partial charge in [0, 0.05) is 6.54 Å². The minimum atomic E-state index is -3.92. The molecule has 2 aliphatic heterocycles. The smallest absolute Gasteiger partial charge is 0.329 e. The summed E-state index contributed by atoms with van der Waals surface area (Å²) < 4.78 is 32.7. The Hall–Kier alpha value is -2.91. The molecule has 0 aromatic heterocycles. The molecule has 9 heteroatoms. The molecule has 2 heterocycles. The predicted octanol–water partition coefficient (Wildman–Crippen LogP) is 1.89. The van der Waals surface area contributed by atoms with Gasteiger partial charge in [0.05, 0.1) is 23.7 Å². The summed E-state index contributed by atoms with van der Waals surface area (Å²) in [5.74, 6) is -0.00742. The Morgan fingerprint density at radius 3 is 2.31 bits per heavy atom. The molecule has 0 unspecified atom stereocenters. The van der Waals surface area contributed by atoms with Crippen molar-refractivity contribution in [3.05, 3.63) is 54.1 Å². The lowest BCUT2D eigenvalue weighted by Crippen LogP contribution is -2.64. The topological polar surface area (TPSA) is 96.0 Å². The van der Waals surface area contributed by atoms with E-state index < -0.39 is 34.0 Å². The molecule has 2 aromatic rings. The Kier molecular flexibility index (Phi) is 4.79. The summed E-state index contributed by atoms with van der Waals surface area (Å²) in [6, 6.07) is 10.9. The number of nitrogens with zero attached hydrogens (tertiary/aromatic N) is 2. The fourth-order valence-corrected chi connectivity index (χ4v) is 5.39. The minimum absolute atomic E-state index is 0.0746. The summed E-state index contributed by atoms with van der Waals surface area (Å²) in [5.41, 5.74) is 1.39. The summed E-state index contributed by atoms with van der Waals surface area (Å²) >= 11 is 0. The zero-order valence-corrected chi connectivity index (χ0v) is 16.8. The van der Waals surface area contributed by atoms with Crippen LogP contribution < -0.4 is 15.0 Å². The molecule has 0 radical (unpaired) electrons. The van der Waals surface area contributed by atoms with Crippen molar-refractivity contribution in [2.24, 2.45) is 0 Å². The van der Waals surface area contributed by atoms with Gasteiger partial charge in [-0.1, -0.05) is 17.7 Å². The highest BCUT2D eigenvalue weighted by molar-refractivity contribution is 7.89. The quantitative estimate of drug-likeness (QED) is 0.823. The van der Waals surface area contributed by atoms with Crippen LogP contribution in [0.3, 0.4) is 0 Å². The third kappa shape index (κ3) is 3.26. The maximum absolute atomic E-state index is 13.2. The van der Waals surface area contributed by atoms with Crippen LogP contribution in [-0.2, 0) is 14.8 Å². The van der Waals surface area contributed by atoms with Crippen LogP contribution in [0.2, 0.25) is 0 Å². The first kappa shape index (κ1) is 19.4. The normalized spacial score (nSPS) is 22.3. The molecule has 152 valence electrons. The Balaban J connectivity index is 1.68. The van der Waals surface area contributed by atoms with E-state index in [4.69, 9.17) is 4.74 Å². The first-order valence-electron chi connectivity index (χ1n) is 9.20. The lowest BCUT2D eigenvalue weighted by atomic mass is 10.1. The van der Waals surface area contributed by atoms with Crippen molar-refractivity contribution < 1.29 is 22.7 Å². The number of anilines is 1. The zero-order chi connectivity index (χ0) is 20.8. The van der Waals surface area contributed by atoms with Crippen molar-refractivity contribution in [1.29, 1.82) is 0 Å². The van der Waals surface area contributed by atoms with Crippen LogP contribution in [0.1, 0.15) is 12.0 Å². The van der Waals surface area contributed by atoms with Crippen LogP contribution in [0.4, 0.5) is 10.5 Å². The molecular formula is C20H21N3O5S. The van der Waals surface area contributed by atoms with E-state index >= 15 is 0 Å². The average molecular weight is 415 g/mol. The highest BCUT2D eigenvalue weighted by Gasteiger charge is 2.52. The molecule has 4 rings (SSSR count). The second-order valence-corrected chi connectivity index (χ2v) is 8.98. The standard InChI is InChI=1S/C20H21N3O5S/c1-13-3-5-14(6-4-13)23-19(24)18-17(21-20(23)25)11-12-22(18)29(26,27)16-9-7-15(28-2)8-10-16/h3-10,17-18H,11-12H2,1-2H3,(H,21,25)/t17-,18+/m1/s1. The number of urea groups is 1. The van der Waals surface area contributed by atoms with Crippen molar-refractivity contribution in [2.75, 3.05) is 18.6 Å². The second-order valence-electron chi connectivity index (χ2n) is 7.09. The van der Waals surface area contributed by atoms with E-state index in [-0.39, 0.29) is 11.4 Å². The highest BCUT2D eigenvalue weighted by atomic mass is 32.2. The van der Waals surface area contributed by atoms with Crippen LogP contribution in [0.5, 0.6) is 5.75 Å². The van der Waals surface area contributed by atoms with Gasteiger partial charge in [-0.05, 0) is 49.7 Å². The van der Waals surface area contributed by atoms with Crippen LogP contribution in [0.25, 0.3) is 0 Å². The van der Waals surface area contributed by atoms with Crippen molar-refractivity contribution in [3.8, 4) is 5.75 Å². The van der Waals surface area contributed by atoms with Gasteiger partial charge in [-0.3, -0.25) is 4.79 Å². The van der Waals surface area contributed by atoms with E-state index in [1.165, 1.54) is 23.5 Å². The zero-order valence-electron chi connectivity index (χ0n) is 16.0. The molecule has 2 aromatic carbocycles. The summed E-state index contributed by atoms with van der Waals surface area (Å²) in [4.78, 5) is 26.9. The lowest BCUT2D eigenvalue weighted by Gasteiger charge is -2.36. The van der Waals surface area contributed by atoms with Gasteiger partial charge in [0.25, 0.3) is 5.91 Å². The Morgan fingerprint density at radius 1 is 1.03 bits per heavy atom. The number of imide groups is 1. The highest BCUT2D eigenvalue weighted by Crippen LogP contribution is 2.32. The number of hydrogen-bond donors (Lipinski definition) is 1. The van der Waals surface area contributed by atoms with Crippen molar-refractivity contribution in [2.45, 2.75) is 30.3 Å². The van der Waals surface area contributed by atoms with E-state index in [0.29, 0.717) is 17.9 Å². The number of carbonyl (C=O) groups excluding carboxylic acids is 2. The summed E-state index contributed by atoms with van der Waals surface area (Å²) in [7, 11) is -2.42. The third-order valence-electron chi connectivity index (χ3n) is 5.30. The van der Waals surface area contributed by atoms with Crippen LogP contribution in [-0.4, -0.2) is 50.4 Å². The Bertz CT molecular complexity index is 1050. The second kappa shape index (κ2) is 7.16. The number of carbonyl (C=O) groups is 2. The molecule has 0 aliphatic carbocycles. The monoisotopic (exact) mass is 415 g/mol. The SMILES string of the molecule is COc1ccc(S(=O)(=O)N2CC[C@H]3NC(=O)N(c4ccc(C)cc4)C(=O)[C@H]32)cc1. The van der Waals surface area contributed by atoms with Crippen LogP contribution in [0.15, 0.2) is 53.4 Å². The summed E-state index contributed by atoms with van der Waals surface area (Å²) in [6.45, 7) is 2.05. The van der Waals surface area contributed by atoms with Crippen molar-refractivity contribution >= 4 is 27.6 Å². The molecule has 2 saturated heterocycles. The number of aryl methyl sites for hydroxylation is 1. The average Bonchev–Trinajstić information content (AvgIpc) is 3.14. The van der Waals surface area contributed by atoms with E-state index in [1.54, 1.807) is 36.4 Å². The maximum atomic E-state index is 13.2. The van der Waals surface area contributed by atoms with Gasteiger partial charge in [-0.25, -0.2) is 18.1 Å². The molecule has 2 fully saturated rings. The summed E-state index contributed by atoms with van der Waals surface area (Å²) in [6.07, 6.45) is 0.374.